The number of aryl methyl sites for hydroxylation is 1. The second-order valence-electron chi connectivity index (χ2n) is 7.39. The maximum absolute atomic E-state index is 12.5. The van der Waals surface area contributed by atoms with Gasteiger partial charge >= 0.3 is 0 Å². The van der Waals surface area contributed by atoms with E-state index in [2.05, 4.69) is 39.8 Å². The number of anilines is 1. The molecule has 0 radical (unpaired) electrons. The maximum Gasteiger partial charge on any atom is 0.244 e. The number of imidazole rings is 1. The number of para-hydroxylation sites is 2. The van der Waals surface area contributed by atoms with Gasteiger partial charge in [0.1, 0.15) is 6.54 Å². The topological polar surface area (TPSA) is 59.2 Å². The van der Waals surface area contributed by atoms with Crippen LogP contribution in [0.15, 0.2) is 42.7 Å². The van der Waals surface area contributed by atoms with Crippen molar-refractivity contribution in [3.05, 3.63) is 42.7 Å². The van der Waals surface area contributed by atoms with Crippen LogP contribution in [-0.2, 0) is 18.4 Å². The zero-order valence-corrected chi connectivity index (χ0v) is 14.8. The largest absolute Gasteiger partial charge is 0.342 e. The third-order valence-corrected chi connectivity index (χ3v) is 5.74. The number of carbonyl (C=O) groups is 1. The molecule has 5 rings (SSSR count). The average Bonchev–Trinajstić information content (AvgIpc) is 3.38. The minimum Gasteiger partial charge on any atom is -0.342 e. The first-order valence-corrected chi connectivity index (χ1v) is 9.10. The third kappa shape index (κ3) is 2.46. The average molecular weight is 350 g/mol. The smallest absolute Gasteiger partial charge is 0.244 e. The van der Waals surface area contributed by atoms with Crippen LogP contribution in [0, 0.1) is 11.8 Å². The number of hydrogen-bond acceptors (Lipinski definition) is 4. The van der Waals surface area contributed by atoms with Crippen molar-refractivity contribution in [3.8, 4) is 0 Å². The van der Waals surface area contributed by atoms with Crippen molar-refractivity contribution in [1.29, 1.82) is 0 Å². The SMILES string of the molecule is Cn1c(N2CC3CN(C(=O)Cn4cccn4)CC3C2)nc2ccccc21. The Kier molecular flexibility index (Phi) is 3.48. The molecule has 4 heterocycles. The van der Waals surface area contributed by atoms with Crippen LogP contribution in [0.1, 0.15) is 0 Å². The Labute approximate surface area is 151 Å². The Bertz CT molecular complexity index is 932. The molecule has 0 N–H and O–H groups in total. The molecule has 2 aromatic heterocycles. The van der Waals surface area contributed by atoms with Crippen LogP contribution in [0.4, 0.5) is 5.95 Å². The molecule has 0 aliphatic carbocycles. The fraction of sp³-hybridized carbons (Fsp3) is 0.421. The van der Waals surface area contributed by atoms with Gasteiger partial charge in [0.25, 0.3) is 0 Å². The number of rotatable bonds is 3. The summed E-state index contributed by atoms with van der Waals surface area (Å²) in [5.74, 6) is 2.25. The van der Waals surface area contributed by atoms with Crippen LogP contribution in [0.2, 0.25) is 0 Å². The van der Waals surface area contributed by atoms with Crippen LogP contribution >= 0.6 is 0 Å². The molecule has 1 aromatic carbocycles. The molecule has 0 spiro atoms. The summed E-state index contributed by atoms with van der Waals surface area (Å²) in [7, 11) is 2.08. The molecule has 2 aliphatic heterocycles. The Morgan fingerprint density at radius 1 is 1.12 bits per heavy atom. The maximum atomic E-state index is 12.5. The van der Waals surface area contributed by atoms with E-state index in [1.165, 1.54) is 0 Å². The van der Waals surface area contributed by atoms with Crippen molar-refractivity contribution in [3.63, 3.8) is 0 Å². The predicted molar refractivity (Wildman–Crippen MR) is 98.7 cm³/mol. The molecule has 26 heavy (non-hydrogen) atoms. The standard InChI is InChI=1S/C19H22N6O/c1-22-17-6-3-2-5-16(17)21-19(22)24-11-14-9-23(10-15(14)12-24)18(26)13-25-8-4-7-20-25/h2-8,14-15H,9-13H2,1H3. The molecule has 1 amide bonds. The fourth-order valence-corrected chi connectivity index (χ4v) is 4.41. The van der Waals surface area contributed by atoms with E-state index in [-0.39, 0.29) is 5.91 Å². The summed E-state index contributed by atoms with van der Waals surface area (Å²) in [6.07, 6.45) is 3.54. The molecular formula is C19H22N6O. The molecule has 7 nitrogen and oxygen atoms in total. The number of carbonyl (C=O) groups excluding carboxylic acids is 1. The van der Waals surface area contributed by atoms with Crippen LogP contribution in [-0.4, -0.2) is 56.3 Å². The molecule has 134 valence electrons. The quantitative estimate of drug-likeness (QED) is 0.716. The van der Waals surface area contributed by atoms with E-state index in [1.807, 2.05) is 23.2 Å². The monoisotopic (exact) mass is 350 g/mol. The number of hydrogen-bond donors (Lipinski definition) is 0. The van der Waals surface area contributed by atoms with Gasteiger partial charge in [0.15, 0.2) is 0 Å². The minimum absolute atomic E-state index is 0.164. The summed E-state index contributed by atoms with van der Waals surface area (Å²) in [6.45, 7) is 3.94. The molecule has 2 atom stereocenters. The summed E-state index contributed by atoms with van der Waals surface area (Å²) >= 11 is 0. The lowest BCUT2D eigenvalue weighted by Crippen LogP contribution is -2.35. The second-order valence-corrected chi connectivity index (χ2v) is 7.39. The molecule has 7 heteroatoms. The summed E-state index contributed by atoms with van der Waals surface area (Å²) in [5.41, 5.74) is 2.20. The van der Waals surface area contributed by atoms with Crippen molar-refractivity contribution in [2.75, 3.05) is 31.1 Å². The van der Waals surface area contributed by atoms with Gasteiger partial charge in [0.05, 0.1) is 11.0 Å². The van der Waals surface area contributed by atoms with Crippen molar-refractivity contribution < 1.29 is 4.79 Å². The van der Waals surface area contributed by atoms with Crippen LogP contribution in [0.25, 0.3) is 11.0 Å². The zero-order chi connectivity index (χ0) is 17.7. The molecule has 2 saturated heterocycles. The highest BCUT2D eigenvalue weighted by molar-refractivity contribution is 5.79. The summed E-state index contributed by atoms with van der Waals surface area (Å²) in [6, 6.07) is 10.1. The molecule has 2 aliphatic rings. The number of aromatic nitrogens is 4. The Balaban J connectivity index is 1.28. The molecule has 0 saturated carbocycles. The molecule has 2 unspecified atom stereocenters. The van der Waals surface area contributed by atoms with Gasteiger partial charge in [-0.05, 0) is 18.2 Å². The molecule has 3 aromatic rings. The lowest BCUT2D eigenvalue weighted by atomic mass is 10.0. The van der Waals surface area contributed by atoms with Crippen molar-refractivity contribution >= 4 is 22.9 Å². The van der Waals surface area contributed by atoms with E-state index in [4.69, 9.17) is 4.98 Å². The van der Waals surface area contributed by atoms with E-state index >= 15 is 0 Å². The molecule has 0 bridgehead atoms. The van der Waals surface area contributed by atoms with E-state index in [0.29, 0.717) is 18.4 Å². The Morgan fingerprint density at radius 2 is 1.88 bits per heavy atom. The van der Waals surface area contributed by atoms with Crippen LogP contribution in [0.5, 0.6) is 0 Å². The van der Waals surface area contributed by atoms with Gasteiger partial charge in [-0.1, -0.05) is 12.1 Å². The lowest BCUT2D eigenvalue weighted by Gasteiger charge is -2.22. The Morgan fingerprint density at radius 3 is 2.58 bits per heavy atom. The highest BCUT2D eigenvalue weighted by Gasteiger charge is 2.42. The molecule has 2 fully saturated rings. The van der Waals surface area contributed by atoms with Gasteiger partial charge in [-0.25, -0.2) is 4.98 Å². The first-order chi connectivity index (χ1) is 12.7. The number of amides is 1. The van der Waals surface area contributed by atoms with Crippen molar-refractivity contribution in [2.24, 2.45) is 18.9 Å². The van der Waals surface area contributed by atoms with Gasteiger partial charge in [-0.15, -0.1) is 0 Å². The summed E-state index contributed by atoms with van der Waals surface area (Å²) in [4.78, 5) is 21.7. The van der Waals surface area contributed by atoms with E-state index in [1.54, 1.807) is 10.9 Å². The van der Waals surface area contributed by atoms with E-state index in [9.17, 15) is 4.79 Å². The number of likely N-dealkylation sites (tertiary alicyclic amines) is 1. The van der Waals surface area contributed by atoms with Crippen molar-refractivity contribution in [2.45, 2.75) is 6.54 Å². The van der Waals surface area contributed by atoms with Gasteiger partial charge in [0.2, 0.25) is 11.9 Å². The number of benzene rings is 1. The summed E-state index contributed by atoms with van der Waals surface area (Å²) in [5, 5.41) is 4.13. The summed E-state index contributed by atoms with van der Waals surface area (Å²) < 4.78 is 3.87. The third-order valence-electron chi connectivity index (χ3n) is 5.74. The predicted octanol–water partition coefficient (Wildman–Crippen LogP) is 1.36. The van der Waals surface area contributed by atoms with Gasteiger partial charge in [0, 0.05) is 57.5 Å². The fourth-order valence-electron chi connectivity index (χ4n) is 4.41. The van der Waals surface area contributed by atoms with Crippen molar-refractivity contribution in [1.82, 2.24) is 24.2 Å². The normalized spacial score (nSPS) is 22.3. The lowest BCUT2D eigenvalue weighted by molar-refractivity contribution is -0.131. The molecular weight excluding hydrogens is 328 g/mol. The van der Waals surface area contributed by atoms with E-state index in [0.717, 1.165) is 43.2 Å². The highest BCUT2D eigenvalue weighted by atomic mass is 16.2. The van der Waals surface area contributed by atoms with Gasteiger partial charge in [-0.3, -0.25) is 9.48 Å². The first-order valence-electron chi connectivity index (χ1n) is 9.10. The van der Waals surface area contributed by atoms with Crippen LogP contribution < -0.4 is 4.90 Å². The first kappa shape index (κ1) is 15.4. The second kappa shape index (κ2) is 5.86. The van der Waals surface area contributed by atoms with E-state index < -0.39 is 0 Å². The van der Waals surface area contributed by atoms with Gasteiger partial charge < -0.3 is 14.4 Å². The minimum atomic E-state index is 0.164. The van der Waals surface area contributed by atoms with Crippen LogP contribution in [0.3, 0.4) is 0 Å². The number of fused-ring (bicyclic) bond motifs is 2. The van der Waals surface area contributed by atoms with Gasteiger partial charge in [-0.2, -0.15) is 5.10 Å². The highest BCUT2D eigenvalue weighted by Crippen LogP contribution is 2.34. The Hall–Kier alpha value is -2.83. The number of nitrogens with zero attached hydrogens (tertiary/aromatic N) is 6. The zero-order valence-electron chi connectivity index (χ0n) is 14.8.